The molecule has 7 nitrogen and oxygen atoms in total. The number of carbonyl (C=O) groups is 1. The molecule has 1 aliphatic rings. The summed E-state index contributed by atoms with van der Waals surface area (Å²) < 4.78 is 31.0. The van der Waals surface area contributed by atoms with Gasteiger partial charge in [0.25, 0.3) is 5.91 Å². The summed E-state index contributed by atoms with van der Waals surface area (Å²) in [6, 6.07) is 12.4. The highest BCUT2D eigenvalue weighted by molar-refractivity contribution is 7.91. The molecule has 1 aromatic carbocycles. The van der Waals surface area contributed by atoms with Crippen molar-refractivity contribution in [3.05, 3.63) is 53.5 Å². The Labute approximate surface area is 173 Å². The van der Waals surface area contributed by atoms with Gasteiger partial charge in [-0.2, -0.15) is 5.10 Å². The van der Waals surface area contributed by atoms with Gasteiger partial charge in [-0.1, -0.05) is 6.07 Å². The summed E-state index contributed by atoms with van der Waals surface area (Å²) in [5.74, 6) is 0.589. The lowest BCUT2D eigenvalue weighted by Crippen LogP contribution is -2.16. The smallest absolute Gasteiger partial charge is 0.276 e. The molecule has 152 valence electrons. The molecule has 3 aromatic rings. The van der Waals surface area contributed by atoms with Crippen LogP contribution in [0.1, 0.15) is 29.9 Å². The Bertz CT molecular complexity index is 1100. The number of anilines is 1. The number of benzene rings is 1. The van der Waals surface area contributed by atoms with Gasteiger partial charge in [-0.3, -0.25) is 9.48 Å². The summed E-state index contributed by atoms with van der Waals surface area (Å²) in [6.07, 6.45) is 0.502. The van der Waals surface area contributed by atoms with Crippen LogP contribution in [0.2, 0.25) is 0 Å². The van der Waals surface area contributed by atoms with Gasteiger partial charge in [0.1, 0.15) is 5.75 Å². The van der Waals surface area contributed by atoms with Crippen molar-refractivity contribution in [2.24, 2.45) is 0 Å². The summed E-state index contributed by atoms with van der Waals surface area (Å²) in [6.45, 7) is 2.48. The number of aromatic nitrogens is 2. The maximum Gasteiger partial charge on any atom is 0.276 e. The molecule has 0 aliphatic carbocycles. The minimum Gasteiger partial charge on any atom is -0.494 e. The molecular formula is C20H21N3O4S2. The number of sulfone groups is 1. The van der Waals surface area contributed by atoms with Gasteiger partial charge in [0.2, 0.25) is 0 Å². The van der Waals surface area contributed by atoms with Crippen molar-refractivity contribution in [3.63, 3.8) is 0 Å². The third-order valence-electron chi connectivity index (χ3n) is 4.72. The van der Waals surface area contributed by atoms with E-state index in [0.29, 0.717) is 18.7 Å². The zero-order valence-electron chi connectivity index (χ0n) is 15.9. The number of thiophene rings is 1. The van der Waals surface area contributed by atoms with Gasteiger partial charge < -0.3 is 10.1 Å². The third kappa shape index (κ3) is 4.35. The predicted octanol–water partition coefficient (Wildman–Crippen LogP) is 3.62. The fourth-order valence-electron chi connectivity index (χ4n) is 3.36. The first-order valence-electron chi connectivity index (χ1n) is 9.33. The highest BCUT2D eigenvalue weighted by Crippen LogP contribution is 2.32. The molecule has 1 N–H and O–H groups in total. The van der Waals surface area contributed by atoms with Crippen LogP contribution >= 0.6 is 11.3 Å². The Balaban J connectivity index is 1.60. The van der Waals surface area contributed by atoms with E-state index in [0.717, 1.165) is 16.3 Å². The Hall–Kier alpha value is -2.65. The van der Waals surface area contributed by atoms with Gasteiger partial charge in [0.15, 0.2) is 15.5 Å². The molecule has 2 aromatic heterocycles. The Morgan fingerprint density at radius 3 is 2.72 bits per heavy atom. The molecule has 29 heavy (non-hydrogen) atoms. The molecule has 0 bridgehead atoms. The molecule has 4 rings (SSSR count). The Morgan fingerprint density at radius 1 is 1.31 bits per heavy atom. The standard InChI is InChI=1S/C20H21N3O4S2/c1-2-27-16-7-5-14(6-8-16)21-20(24)17-12-18(19-4-3-10-28-19)23(22-17)15-9-11-29(25,26)13-15/h3-8,10,12,15H,2,9,11,13H2,1H3,(H,21,24)/t15-/m0/s1. The second kappa shape index (κ2) is 8.00. The normalized spacial score (nSPS) is 17.9. The SMILES string of the molecule is CCOc1ccc(NC(=O)c2cc(-c3cccs3)n([C@H]3CCS(=O)(=O)C3)n2)cc1. The van der Waals surface area contributed by atoms with Crippen LogP contribution in [0.4, 0.5) is 5.69 Å². The maximum absolute atomic E-state index is 12.8. The number of nitrogens with zero attached hydrogens (tertiary/aromatic N) is 2. The van der Waals surface area contributed by atoms with Gasteiger partial charge in [-0.25, -0.2) is 8.42 Å². The van der Waals surface area contributed by atoms with Crippen LogP contribution < -0.4 is 10.1 Å². The lowest BCUT2D eigenvalue weighted by Gasteiger charge is -2.12. The largest absolute Gasteiger partial charge is 0.494 e. The molecule has 9 heteroatoms. The lowest BCUT2D eigenvalue weighted by molar-refractivity contribution is 0.102. The van der Waals surface area contributed by atoms with E-state index in [1.807, 2.05) is 24.4 Å². The molecule has 1 fully saturated rings. The Kier molecular flexibility index (Phi) is 5.42. The van der Waals surface area contributed by atoms with Crippen LogP contribution in [0.25, 0.3) is 10.6 Å². The fourth-order valence-corrected chi connectivity index (χ4v) is 5.78. The van der Waals surface area contributed by atoms with Crippen molar-refractivity contribution in [2.75, 3.05) is 23.4 Å². The average molecular weight is 432 g/mol. The molecule has 3 heterocycles. The van der Waals surface area contributed by atoms with Crippen LogP contribution in [0, 0.1) is 0 Å². The first-order valence-corrected chi connectivity index (χ1v) is 12.0. The number of hydrogen-bond donors (Lipinski definition) is 1. The first-order chi connectivity index (χ1) is 13.9. The van der Waals surface area contributed by atoms with Crippen LogP contribution in [0.3, 0.4) is 0 Å². The van der Waals surface area contributed by atoms with Gasteiger partial charge in [-0.05, 0) is 55.1 Å². The number of carbonyl (C=O) groups excluding carboxylic acids is 1. The number of rotatable bonds is 6. The molecular weight excluding hydrogens is 410 g/mol. The summed E-state index contributed by atoms with van der Waals surface area (Å²) >= 11 is 1.53. The van der Waals surface area contributed by atoms with Crippen molar-refractivity contribution >= 4 is 32.8 Å². The topological polar surface area (TPSA) is 90.3 Å². The minimum atomic E-state index is -3.07. The van der Waals surface area contributed by atoms with Crippen molar-refractivity contribution in [1.82, 2.24) is 9.78 Å². The predicted molar refractivity (Wildman–Crippen MR) is 113 cm³/mol. The van der Waals surface area contributed by atoms with Crippen molar-refractivity contribution in [3.8, 4) is 16.3 Å². The fraction of sp³-hybridized carbons (Fsp3) is 0.300. The highest BCUT2D eigenvalue weighted by atomic mass is 32.2. The van der Waals surface area contributed by atoms with Gasteiger partial charge in [0, 0.05) is 5.69 Å². The minimum absolute atomic E-state index is 0.0486. The van der Waals surface area contributed by atoms with Crippen LogP contribution in [0.5, 0.6) is 5.75 Å². The van der Waals surface area contributed by atoms with E-state index in [1.54, 1.807) is 35.0 Å². The Morgan fingerprint density at radius 2 is 2.10 bits per heavy atom. The lowest BCUT2D eigenvalue weighted by atomic mass is 10.2. The number of hydrogen-bond acceptors (Lipinski definition) is 6. The van der Waals surface area contributed by atoms with E-state index in [1.165, 1.54) is 11.3 Å². The summed E-state index contributed by atoms with van der Waals surface area (Å²) in [4.78, 5) is 13.7. The molecule has 0 saturated carbocycles. The zero-order valence-corrected chi connectivity index (χ0v) is 17.5. The van der Waals surface area contributed by atoms with E-state index < -0.39 is 9.84 Å². The molecule has 0 spiro atoms. The second-order valence-electron chi connectivity index (χ2n) is 6.81. The van der Waals surface area contributed by atoms with Gasteiger partial charge >= 0.3 is 0 Å². The molecule has 1 aliphatic heterocycles. The van der Waals surface area contributed by atoms with E-state index in [2.05, 4.69) is 10.4 Å². The van der Waals surface area contributed by atoms with E-state index in [-0.39, 0.29) is 29.1 Å². The van der Waals surface area contributed by atoms with Crippen molar-refractivity contribution < 1.29 is 17.9 Å². The second-order valence-corrected chi connectivity index (χ2v) is 9.98. The summed E-state index contributed by atoms with van der Waals surface area (Å²) in [5, 5.41) is 9.26. The number of amides is 1. The zero-order chi connectivity index (χ0) is 20.4. The number of ether oxygens (including phenoxy) is 1. The molecule has 0 radical (unpaired) electrons. The van der Waals surface area contributed by atoms with Crippen molar-refractivity contribution in [2.45, 2.75) is 19.4 Å². The van der Waals surface area contributed by atoms with Gasteiger partial charge in [-0.15, -0.1) is 11.3 Å². The average Bonchev–Trinajstić information content (AvgIpc) is 3.42. The maximum atomic E-state index is 12.8. The number of nitrogens with one attached hydrogen (secondary N) is 1. The van der Waals surface area contributed by atoms with E-state index in [9.17, 15) is 13.2 Å². The molecule has 1 atom stereocenters. The van der Waals surface area contributed by atoms with Crippen LogP contribution in [0.15, 0.2) is 47.8 Å². The third-order valence-corrected chi connectivity index (χ3v) is 7.36. The summed E-state index contributed by atoms with van der Waals surface area (Å²) in [5.41, 5.74) is 1.65. The van der Waals surface area contributed by atoms with Crippen LogP contribution in [-0.4, -0.2) is 42.2 Å². The molecule has 1 amide bonds. The summed E-state index contributed by atoms with van der Waals surface area (Å²) in [7, 11) is -3.07. The van der Waals surface area contributed by atoms with Crippen molar-refractivity contribution in [1.29, 1.82) is 0 Å². The monoisotopic (exact) mass is 431 g/mol. The molecule has 0 unspecified atom stereocenters. The van der Waals surface area contributed by atoms with E-state index in [4.69, 9.17) is 4.74 Å². The quantitative estimate of drug-likeness (QED) is 0.644. The first kappa shape index (κ1) is 19.7. The highest BCUT2D eigenvalue weighted by Gasteiger charge is 2.32. The van der Waals surface area contributed by atoms with Gasteiger partial charge in [0.05, 0.1) is 34.7 Å². The molecule has 1 saturated heterocycles. The van der Waals surface area contributed by atoms with E-state index >= 15 is 0 Å². The van der Waals surface area contributed by atoms with Crippen LogP contribution in [-0.2, 0) is 9.84 Å².